The summed E-state index contributed by atoms with van der Waals surface area (Å²) in [6.07, 6.45) is 4.91. The van der Waals surface area contributed by atoms with Crippen molar-refractivity contribution in [3.63, 3.8) is 0 Å². The first kappa shape index (κ1) is 20.5. The zero-order valence-corrected chi connectivity index (χ0v) is 16.2. The summed E-state index contributed by atoms with van der Waals surface area (Å²) in [5.74, 6) is -0.300. The third kappa shape index (κ3) is 5.86. The molecule has 0 saturated carbocycles. The van der Waals surface area contributed by atoms with E-state index in [-0.39, 0.29) is 18.4 Å². The van der Waals surface area contributed by atoms with Gasteiger partial charge in [-0.15, -0.1) is 0 Å². The van der Waals surface area contributed by atoms with Crippen molar-refractivity contribution in [3.05, 3.63) is 48.4 Å². The molecule has 1 aromatic heterocycles. The second-order valence-corrected chi connectivity index (χ2v) is 6.03. The highest BCUT2D eigenvalue weighted by molar-refractivity contribution is 5.96. The molecule has 0 unspecified atom stereocenters. The van der Waals surface area contributed by atoms with Crippen LogP contribution in [0.1, 0.15) is 24.2 Å². The van der Waals surface area contributed by atoms with Gasteiger partial charge in [-0.05, 0) is 19.2 Å². The quantitative estimate of drug-likeness (QED) is 0.887. The number of likely N-dealkylation sites (N-methyl/N-ethyl adjacent to an activating group) is 1. The molecule has 0 bridgehead atoms. The summed E-state index contributed by atoms with van der Waals surface area (Å²) in [4.78, 5) is 36.6. The van der Waals surface area contributed by atoms with Gasteiger partial charge in [0.15, 0.2) is 0 Å². The average molecular weight is 369 g/mol. The number of piperazine rings is 1. The molecule has 1 aliphatic rings. The normalized spacial score (nSPS) is 14.1. The number of aromatic nitrogens is 2. The van der Waals surface area contributed by atoms with Crippen LogP contribution >= 0.6 is 0 Å². The van der Waals surface area contributed by atoms with E-state index in [2.05, 4.69) is 20.2 Å². The van der Waals surface area contributed by atoms with Gasteiger partial charge in [-0.1, -0.05) is 26.0 Å². The molecule has 2 amide bonds. The van der Waals surface area contributed by atoms with Crippen molar-refractivity contribution in [2.75, 3.05) is 39.8 Å². The van der Waals surface area contributed by atoms with Gasteiger partial charge < -0.3 is 15.1 Å². The maximum Gasteiger partial charge on any atom is 0.251 e. The maximum absolute atomic E-state index is 12.2. The van der Waals surface area contributed by atoms with Crippen LogP contribution in [0.5, 0.6) is 0 Å². The monoisotopic (exact) mass is 369 g/mol. The van der Waals surface area contributed by atoms with Crippen LogP contribution < -0.4 is 5.32 Å². The van der Waals surface area contributed by atoms with E-state index < -0.39 is 0 Å². The lowest BCUT2D eigenvalue weighted by Gasteiger charge is -2.32. The molecular formula is C20H27N5O2. The molecule has 144 valence electrons. The Morgan fingerprint density at radius 2 is 1.70 bits per heavy atom. The highest BCUT2D eigenvalue weighted by Crippen LogP contribution is 2.16. The summed E-state index contributed by atoms with van der Waals surface area (Å²) in [6.45, 7) is 7.16. The number of carbonyl (C=O) groups excluding carboxylic acids is 2. The Morgan fingerprint density at radius 1 is 1.04 bits per heavy atom. The molecule has 1 aromatic carbocycles. The summed E-state index contributed by atoms with van der Waals surface area (Å²) in [5.41, 5.74) is 2.15. The Kier molecular flexibility index (Phi) is 7.88. The summed E-state index contributed by atoms with van der Waals surface area (Å²) >= 11 is 0. The number of amides is 2. The molecular weight excluding hydrogens is 342 g/mol. The predicted molar refractivity (Wildman–Crippen MR) is 105 cm³/mol. The zero-order valence-electron chi connectivity index (χ0n) is 16.2. The molecule has 1 aliphatic heterocycles. The summed E-state index contributed by atoms with van der Waals surface area (Å²) in [7, 11) is 2.04. The Hall–Kier alpha value is -2.80. The van der Waals surface area contributed by atoms with Crippen molar-refractivity contribution in [1.82, 2.24) is 25.1 Å². The van der Waals surface area contributed by atoms with E-state index in [1.807, 2.05) is 33.0 Å². The highest BCUT2D eigenvalue weighted by atomic mass is 16.2. The molecule has 3 rings (SSSR count). The van der Waals surface area contributed by atoms with E-state index in [9.17, 15) is 9.59 Å². The van der Waals surface area contributed by atoms with Crippen molar-refractivity contribution >= 4 is 11.8 Å². The lowest BCUT2D eigenvalue weighted by Crippen LogP contribution is -2.50. The van der Waals surface area contributed by atoms with Crippen LogP contribution in [-0.2, 0) is 4.79 Å². The number of nitrogens with one attached hydrogen (secondary N) is 1. The van der Waals surface area contributed by atoms with Crippen molar-refractivity contribution in [1.29, 1.82) is 0 Å². The molecule has 2 aromatic rings. The molecule has 1 fully saturated rings. The molecule has 2 heterocycles. The number of hydrogen-bond donors (Lipinski definition) is 1. The SMILES string of the molecule is CC.CN1CCN(C(=O)CNC(=O)c2ccc(-c3cnccn3)cc2)CC1. The lowest BCUT2D eigenvalue weighted by atomic mass is 10.1. The molecule has 7 nitrogen and oxygen atoms in total. The Morgan fingerprint density at radius 3 is 2.30 bits per heavy atom. The van der Waals surface area contributed by atoms with Crippen molar-refractivity contribution in [2.24, 2.45) is 0 Å². The predicted octanol–water partition coefficient (Wildman–Crippen LogP) is 1.67. The second-order valence-electron chi connectivity index (χ2n) is 6.03. The zero-order chi connectivity index (χ0) is 19.6. The van der Waals surface area contributed by atoms with Crippen molar-refractivity contribution in [2.45, 2.75) is 13.8 Å². The van der Waals surface area contributed by atoms with Gasteiger partial charge in [0.05, 0.1) is 18.4 Å². The second kappa shape index (κ2) is 10.4. The van der Waals surface area contributed by atoms with Crippen molar-refractivity contribution in [3.8, 4) is 11.3 Å². The first-order valence-corrected chi connectivity index (χ1v) is 9.24. The minimum absolute atomic E-state index is 0.0223. The summed E-state index contributed by atoms with van der Waals surface area (Å²) in [5, 5.41) is 2.69. The fraction of sp³-hybridized carbons (Fsp3) is 0.400. The van der Waals surface area contributed by atoms with Crippen LogP contribution in [0, 0.1) is 0 Å². The first-order valence-electron chi connectivity index (χ1n) is 9.24. The molecule has 0 aliphatic carbocycles. The van der Waals surface area contributed by atoms with Crippen LogP contribution in [0.25, 0.3) is 11.3 Å². The third-order valence-electron chi connectivity index (χ3n) is 4.26. The molecule has 0 atom stereocenters. The fourth-order valence-electron chi connectivity index (χ4n) is 2.67. The van der Waals surface area contributed by atoms with E-state index in [4.69, 9.17) is 0 Å². The third-order valence-corrected chi connectivity index (χ3v) is 4.26. The molecule has 1 saturated heterocycles. The van der Waals surface area contributed by atoms with Gasteiger partial charge in [0.25, 0.3) is 5.91 Å². The first-order chi connectivity index (χ1) is 13.1. The van der Waals surface area contributed by atoms with E-state index in [0.717, 1.165) is 24.3 Å². The largest absolute Gasteiger partial charge is 0.343 e. The van der Waals surface area contributed by atoms with E-state index in [1.165, 1.54) is 0 Å². The molecule has 7 heteroatoms. The van der Waals surface area contributed by atoms with Crippen LogP contribution in [0.4, 0.5) is 0 Å². The van der Waals surface area contributed by atoms with Crippen LogP contribution in [0.2, 0.25) is 0 Å². The lowest BCUT2D eigenvalue weighted by molar-refractivity contribution is -0.131. The van der Waals surface area contributed by atoms with Gasteiger partial charge in [-0.2, -0.15) is 0 Å². The smallest absolute Gasteiger partial charge is 0.251 e. The number of nitrogens with zero attached hydrogens (tertiary/aromatic N) is 4. The van der Waals surface area contributed by atoms with Gasteiger partial charge >= 0.3 is 0 Å². The minimum Gasteiger partial charge on any atom is -0.343 e. The van der Waals surface area contributed by atoms with Gasteiger partial charge in [0, 0.05) is 49.7 Å². The van der Waals surface area contributed by atoms with Gasteiger partial charge in [-0.25, -0.2) is 0 Å². The van der Waals surface area contributed by atoms with E-state index in [1.54, 1.807) is 35.6 Å². The van der Waals surface area contributed by atoms with Gasteiger partial charge in [0.2, 0.25) is 5.91 Å². The molecule has 0 radical (unpaired) electrons. The van der Waals surface area contributed by atoms with Gasteiger partial charge in [-0.3, -0.25) is 19.6 Å². The topological polar surface area (TPSA) is 78.4 Å². The molecule has 27 heavy (non-hydrogen) atoms. The number of hydrogen-bond acceptors (Lipinski definition) is 5. The molecule has 1 N–H and O–H groups in total. The van der Waals surface area contributed by atoms with Crippen LogP contribution in [0.3, 0.4) is 0 Å². The van der Waals surface area contributed by atoms with Crippen LogP contribution in [0.15, 0.2) is 42.9 Å². The fourth-order valence-corrected chi connectivity index (χ4v) is 2.67. The van der Waals surface area contributed by atoms with Gasteiger partial charge in [0.1, 0.15) is 0 Å². The highest BCUT2D eigenvalue weighted by Gasteiger charge is 2.19. The number of carbonyl (C=O) groups is 2. The Bertz CT molecular complexity index is 726. The van der Waals surface area contributed by atoms with E-state index in [0.29, 0.717) is 18.7 Å². The summed E-state index contributed by atoms with van der Waals surface area (Å²) < 4.78 is 0. The average Bonchev–Trinajstić information content (AvgIpc) is 2.74. The van der Waals surface area contributed by atoms with E-state index >= 15 is 0 Å². The standard InChI is InChI=1S/C18H21N5O2.C2H6/c1-22-8-10-23(11-9-22)17(24)13-21-18(25)15-4-2-14(3-5-15)16-12-19-6-7-20-16;1-2/h2-7,12H,8-11,13H2,1H3,(H,21,25);1-2H3. The van der Waals surface area contributed by atoms with Crippen LogP contribution in [-0.4, -0.2) is 71.4 Å². The summed E-state index contributed by atoms with van der Waals surface area (Å²) in [6, 6.07) is 7.09. The van der Waals surface area contributed by atoms with Crippen molar-refractivity contribution < 1.29 is 9.59 Å². The Labute approximate surface area is 160 Å². The Balaban J connectivity index is 0.00000126. The maximum atomic E-state index is 12.2. The number of benzene rings is 1. The molecule has 0 spiro atoms. The number of rotatable bonds is 4. The minimum atomic E-state index is -0.256.